The average molecular weight is 527 g/mol. The zero-order valence-electron chi connectivity index (χ0n) is 21.6. The zero-order valence-corrected chi connectivity index (χ0v) is 21.6. The minimum atomic E-state index is -0.250. The van der Waals surface area contributed by atoms with Crippen LogP contribution in [0.15, 0.2) is 35.1 Å². The number of carbonyl (C=O) groups excluding carboxylic acids is 1. The first-order valence-corrected chi connectivity index (χ1v) is 13.5. The number of fused-ring (bicyclic) bond motifs is 5. The smallest absolute Gasteiger partial charge is 0.290 e. The molecule has 4 atom stereocenters. The molecule has 1 aromatic heterocycles. The van der Waals surface area contributed by atoms with E-state index >= 15 is 0 Å². The highest BCUT2D eigenvalue weighted by Gasteiger charge is 2.47. The third-order valence-corrected chi connectivity index (χ3v) is 8.32. The number of aromatic amines is 1. The largest absolute Gasteiger partial charge is 0.483 e. The Morgan fingerprint density at radius 1 is 1.05 bits per heavy atom. The molecule has 4 fully saturated rings. The number of nitrogens with one attached hydrogen (secondary N) is 2. The van der Waals surface area contributed by atoms with Crippen LogP contribution in [0.4, 0.5) is 0 Å². The number of pyridine rings is 1. The number of likely N-dealkylation sites (tertiary alicyclic amines) is 1. The van der Waals surface area contributed by atoms with E-state index in [-0.39, 0.29) is 30.2 Å². The fraction of sp³-hybridized carbons (Fsp3) is 0.571. The highest BCUT2D eigenvalue weighted by Crippen LogP contribution is 2.41. The summed E-state index contributed by atoms with van der Waals surface area (Å²) < 4.78 is 0. The van der Waals surface area contributed by atoms with Crippen molar-refractivity contribution in [1.29, 1.82) is 0 Å². The van der Waals surface area contributed by atoms with Gasteiger partial charge in [0.1, 0.15) is 0 Å². The molecule has 0 spiro atoms. The van der Waals surface area contributed by atoms with E-state index in [0.29, 0.717) is 23.9 Å². The van der Waals surface area contributed by atoms with Gasteiger partial charge < -0.3 is 20.5 Å². The quantitative estimate of drug-likeness (QED) is 0.434. The molecule has 3 aliphatic heterocycles. The molecule has 1 amide bonds. The molecule has 10 nitrogen and oxygen atoms in total. The molecule has 206 valence electrons. The molecule has 38 heavy (non-hydrogen) atoms. The number of amides is 1. The molecule has 2 aromatic rings. The number of hydrogen-bond donors (Lipinski definition) is 4. The van der Waals surface area contributed by atoms with Crippen LogP contribution < -0.4 is 10.7 Å². The Balaban J connectivity index is 0.000000515. The molecule has 1 aromatic carbocycles. The molecular formula is C28H38N4O6. The topological polar surface area (TPSA) is 143 Å². The second kappa shape index (κ2) is 13.0. The molecule has 0 radical (unpaired) electrons. The predicted octanol–water partition coefficient (Wildman–Crippen LogP) is 2.13. The van der Waals surface area contributed by atoms with Crippen molar-refractivity contribution in [3.63, 3.8) is 0 Å². The van der Waals surface area contributed by atoms with Crippen LogP contribution in [-0.2, 0) is 20.9 Å². The molecule has 0 unspecified atom stereocenters. The summed E-state index contributed by atoms with van der Waals surface area (Å²) in [4.78, 5) is 50.5. The van der Waals surface area contributed by atoms with Crippen molar-refractivity contribution < 1.29 is 24.6 Å². The molecule has 6 rings (SSSR count). The van der Waals surface area contributed by atoms with Crippen LogP contribution in [0.25, 0.3) is 10.9 Å². The molecule has 1 aliphatic carbocycles. The lowest BCUT2D eigenvalue weighted by molar-refractivity contribution is -0.124. The number of carbonyl (C=O) groups is 3. The van der Waals surface area contributed by atoms with E-state index in [1.165, 1.54) is 32.2 Å². The number of H-pyrrole nitrogens is 1. The van der Waals surface area contributed by atoms with Gasteiger partial charge in [0, 0.05) is 66.8 Å². The van der Waals surface area contributed by atoms with E-state index < -0.39 is 0 Å². The van der Waals surface area contributed by atoms with Crippen molar-refractivity contribution in [2.45, 2.75) is 57.2 Å². The summed E-state index contributed by atoms with van der Waals surface area (Å²) >= 11 is 0. The molecule has 3 saturated heterocycles. The monoisotopic (exact) mass is 526 g/mol. The second-order valence-corrected chi connectivity index (χ2v) is 10.8. The van der Waals surface area contributed by atoms with E-state index in [9.17, 15) is 9.59 Å². The number of benzene rings is 1. The van der Waals surface area contributed by atoms with Gasteiger partial charge in [-0.1, -0.05) is 18.6 Å². The number of piperidine rings is 3. The zero-order chi connectivity index (χ0) is 27.1. The van der Waals surface area contributed by atoms with Gasteiger partial charge in [-0.15, -0.1) is 0 Å². The molecule has 4 aliphatic rings. The SMILES string of the molecule is O=C(NC[C@H]1[C@H]2C[C@H](CN(Cc3cc(=O)c4ccccc4[nH]3)C2)[C@@H]2CCCCN21)C1CC1.O=CO.O=CO. The maximum absolute atomic E-state index is 12.6. The fourth-order valence-corrected chi connectivity index (χ4v) is 6.69. The molecule has 2 bridgehead atoms. The van der Waals surface area contributed by atoms with Gasteiger partial charge in [-0.25, -0.2) is 0 Å². The van der Waals surface area contributed by atoms with Crippen LogP contribution in [0, 0.1) is 17.8 Å². The van der Waals surface area contributed by atoms with Gasteiger partial charge in [0.05, 0.1) is 0 Å². The number of hydrogen-bond acceptors (Lipinski definition) is 6. The maximum atomic E-state index is 12.6. The summed E-state index contributed by atoms with van der Waals surface area (Å²) in [7, 11) is 0. The fourth-order valence-electron chi connectivity index (χ4n) is 6.69. The van der Waals surface area contributed by atoms with Gasteiger partial charge in [0.25, 0.3) is 12.9 Å². The number of nitrogens with zero attached hydrogens (tertiary/aromatic N) is 2. The van der Waals surface area contributed by atoms with Crippen molar-refractivity contribution >= 4 is 29.8 Å². The first kappa shape index (κ1) is 27.8. The number of aromatic nitrogens is 1. The minimum absolute atomic E-state index is 0.102. The highest BCUT2D eigenvalue weighted by atomic mass is 16.3. The van der Waals surface area contributed by atoms with Crippen LogP contribution in [0.3, 0.4) is 0 Å². The summed E-state index contributed by atoms with van der Waals surface area (Å²) in [6.07, 6.45) is 7.28. The highest BCUT2D eigenvalue weighted by molar-refractivity contribution is 5.80. The van der Waals surface area contributed by atoms with Crippen LogP contribution in [0.1, 0.15) is 44.2 Å². The van der Waals surface area contributed by atoms with Crippen LogP contribution in [-0.4, -0.2) is 82.1 Å². The minimum Gasteiger partial charge on any atom is -0.483 e. The Morgan fingerprint density at radius 3 is 2.50 bits per heavy atom. The Labute approximate surface area is 222 Å². The second-order valence-electron chi connectivity index (χ2n) is 10.8. The summed E-state index contributed by atoms with van der Waals surface area (Å²) in [5.74, 6) is 1.81. The summed E-state index contributed by atoms with van der Waals surface area (Å²) in [6.45, 7) is 4.41. The van der Waals surface area contributed by atoms with Crippen LogP contribution in [0.2, 0.25) is 0 Å². The molecule has 1 saturated carbocycles. The first-order chi connectivity index (χ1) is 18.5. The lowest BCUT2D eigenvalue weighted by Gasteiger charge is -2.57. The summed E-state index contributed by atoms with van der Waals surface area (Å²) in [5.41, 5.74) is 2.03. The van der Waals surface area contributed by atoms with Crippen LogP contribution >= 0.6 is 0 Å². The lowest BCUT2D eigenvalue weighted by atomic mass is 9.72. The average Bonchev–Trinajstić information content (AvgIpc) is 3.75. The predicted molar refractivity (Wildman–Crippen MR) is 143 cm³/mol. The Hall–Kier alpha value is -3.24. The van der Waals surface area contributed by atoms with Gasteiger partial charge in [-0.3, -0.25) is 29.0 Å². The van der Waals surface area contributed by atoms with Crippen molar-refractivity contribution in [2.24, 2.45) is 17.8 Å². The number of para-hydroxylation sites is 1. The maximum Gasteiger partial charge on any atom is 0.290 e. The molecule has 4 N–H and O–H groups in total. The standard InChI is InChI=1S/C26H34N4O2.2CH2O2/c31-25-12-20(28-22-6-2-1-5-21(22)25)16-29-14-18-11-19(15-29)24(13-27-26(32)17-8-9-17)30-10-4-3-7-23(18)30;2*2-1-3/h1-2,5-6,12,17-19,23-24H,3-4,7-11,13-16H2,(H,27,32)(H,28,31);2*1H,(H,2,3)/t18-,19+,23+,24+;;/m1../s1. The van der Waals surface area contributed by atoms with E-state index in [1.807, 2.05) is 24.3 Å². The van der Waals surface area contributed by atoms with E-state index in [1.54, 1.807) is 6.07 Å². The molecule has 4 heterocycles. The van der Waals surface area contributed by atoms with Gasteiger partial charge >= 0.3 is 0 Å². The van der Waals surface area contributed by atoms with E-state index in [4.69, 9.17) is 19.8 Å². The van der Waals surface area contributed by atoms with Crippen molar-refractivity contribution in [2.75, 3.05) is 26.2 Å². The van der Waals surface area contributed by atoms with Gasteiger partial charge in [0.2, 0.25) is 5.91 Å². The van der Waals surface area contributed by atoms with Crippen LogP contribution in [0.5, 0.6) is 0 Å². The van der Waals surface area contributed by atoms with Crippen molar-refractivity contribution in [3.05, 3.63) is 46.2 Å². The van der Waals surface area contributed by atoms with E-state index in [0.717, 1.165) is 55.6 Å². The van der Waals surface area contributed by atoms with Gasteiger partial charge in [0.15, 0.2) is 5.43 Å². The summed E-state index contributed by atoms with van der Waals surface area (Å²) in [6, 6.07) is 10.6. The van der Waals surface area contributed by atoms with Crippen molar-refractivity contribution in [3.8, 4) is 0 Å². The summed E-state index contributed by atoms with van der Waals surface area (Å²) in [5, 5.41) is 17.8. The van der Waals surface area contributed by atoms with Gasteiger partial charge in [-0.05, 0) is 62.6 Å². The number of rotatable bonds is 5. The van der Waals surface area contributed by atoms with Gasteiger partial charge in [-0.2, -0.15) is 0 Å². The third-order valence-electron chi connectivity index (χ3n) is 8.32. The Morgan fingerprint density at radius 2 is 1.76 bits per heavy atom. The normalized spacial score (nSPS) is 26.5. The lowest BCUT2D eigenvalue weighted by Crippen LogP contribution is -2.65. The molecule has 10 heteroatoms. The Bertz CT molecular complexity index is 1160. The van der Waals surface area contributed by atoms with E-state index in [2.05, 4.69) is 20.1 Å². The Kier molecular flexibility index (Phi) is 9.52. The number of carboxylic acid groups (broad SMARTS) is 2. The first-order valence-electron chi connectivity index (χ1n) is 13.5. The van der Waals surface area contributed by atoms with Crippen molar-refractivity contribution in [1.82, 2.24) is 20.1 Å². The molecular weight excluding hydrogens is 488 g/mol. The third kappa shape index (κ3) is 6.60.